The Labute approximate surface area is 168 Å². The van der Waals surface area contributed by atoms with Crippen LogP contribution in [0.2, 0.25) is 10.0 Å². The number of halogens is 3. The van der Waals surface area contributed by atoms with Crippen molar-refractivity contribution in [2.24, 2.45) is 5.73 Å². The van der Waals surface area contributed by atoms with Crippen molar-refractivity contribution in [1.82, 2.24) is 10.2 Å². The first-order chi connectivity index (χ1) is 11.9. The molecule has 0 radical (unpaired) electrons. The van der Waals surface area contributed by atoms with Gasteiger partial charge in [-0.1, -0.05) is 23.2 Å². The zero-order valence-corrected chi connectivity index (χ0v) is 16.3. The van der Waals surface area contributed by atoms with Gasteiger partial charge in [-0.3, -0.25) is 14.4 Å². The molecule has 1 aliphatic heterocycles. The molecule has 3 amide bonds. The summed E-state index contributed by atoms with van der Waals surface area (Å²) in [7, 11) is 0. The maximum absolute atomic E-state index is 12.6. The van der Waals surface area contributed by atoms with Gasteiger partial charge in [-0.25, -0.2) is 0 Å². The van der Waals surface area contributed by atoms with Crippen LogP contribution in [0.1, 0.15) is 19.3 Å². The van der Waals surface area contributed by atoms with E-state index in [2.05, 4.69) is 10.6 Å². The van der Waals surface area contributed by atoms with Gasteiger partial charge in [-0.2, -0.15) is 0 Å². The number of hydrogen-bond donors (Lipinski definition) is 3. The van der Waals surface area contributed by atoms with Crippen molar-refractivity contribution in [2.45, 2.75) is 25.3 Å². The second-order valence-corrected chi connectivity index (χ2v) is 6.54. The highest BCUT2D eigenvalue weighted by Crippen LogP contribution is 2.26. The number of likely N-dealkylation sites (tertiary alicyclic amines) is 1. The minimum absolute atomic E-state index is 0. The molecule has 1 aromatic rings. The predicted molar refractivity (Wildman–Crippen MR) is 104 cm³/mol. The topological polar surface area (TPSA) is 105 Å². The lowest BCUT2D eigenvalue weighted by Gasteiger charge is -2.34. The molecule has 1 unspecified atom stereocenters. The van der Waals surface area contributed by atoms with Crippen LogP contribution in [0.15, 0.2) is 18.2 Å². The molecule has 0 saturated carbocycles. The predicted octanol–water partition coefficient (Wildman–Crippen LogP) is 1.81. The molecule has 1 fully saturated rings. The third-order valence-electron chi connectivity index (χ3n) is 3.94. The zero-order chi connectivity index (χ0) is 18.4. The quantitative estimate of drug-likeness (QED) is 0.671. The summed E-state index contributed by atoms with van der Waals surface area (Å²) in [5.41, 5.74) is 5.64. The van der Waals surface area contributed by atoms with Crippen molar-refractivity contribution < 1.29 is 14.4 Å². The molecule has 2 rings (SSSR count). The summed E-state index contributed by atoms with van der Waals surface area (Å²) in [6.45, 7) is 0.0948. The van der Waals surface area contributed by atoms with Crippen LogP contribution in [0, 0.1) is 0 Å². The molecule has 0 bridgehead atoms. The number of benzene rings is 1. The number of piperidine rings is 1. The highest BCUT2D eigenvalue weighted by Gasteiger charge is 2.32. The summed E-state index contributed by atoms with van der Waals surface area (Å²) in [5.74, 6) is -1.05. The van der Waals surface area contributed by atoms with E-state index in [0.717, 1.165) is 12.8 Å². The number of carbonyl (C=O) groups excluding carboxylic acids is 3. The van der Waals surface area contributed by atoms with Crippen LogP contribution < -0.4 is 16.4 Å². The Bertz CT molecular complexity index is 672. The first-order valence-corrected chi connectivity index (χ1v) is 8.70. The lowest BCUT2D eigenvalue weighted by Crippen LogP contribution is -2.53. The molecule has 0 spiro atoms. The number of amides is 3. The van der Waals surface area contributed by atoms with E-state index < -0.39 is 11.9 Å². The lowest BCUT2D eigenvalue weighted by atomic mass is 10.0. The van der Waals surface area contributed by atoms with Crippen LogP contribution in [0.25, 0.3) is 0 Å². The summed E-state index contributed by atoms with van der Waals surface area (Å²) in [6, 6.07) is 4.15. The molecular formula is C16H21Cl3N4O3. The van der Waals surface area contributed by atoms with Gasteiger partial charge < -0.3 is 21.3 Å². The maximum atomic E-state index is 12.6. The highest BCUT2D eigenvalue weighted by molar-refractivity contribution is 6.36. The highest BCUT2D eigenvalue weighted by atomic mass is 35.5. The van der Waals surface area contributed by atoms with Gasteiger partial charge in [-0.05, 0) is 37.5 Å². The van der Waals surface area contributed by atoms with E-state index in [4.69, 9.17) is 28.9 Å². The molecule has 1 aromatic carbocycles. The van der Waals surface area contributed by atoms with E-state index in [9.17, 15) is 14.4 Å². The van der Waals surface area contributed by atoms with Gasteiger partial charge in [0.2, 0.25) is 17.7 Å². The van der Waals surface area contributed by atoms with Gasteiger partial charge >= 0.3 is 0 Å². The number of nitrogens with two attached hydrogens (primary N) is 1. The number of anilines is 1. The summed E-state index contributed by atoms with van der Waals surface area (Å²) in [5, 5.41) is 5.96. The van der Waals surface area contributed by atoms with Gasteiger partial charge in [0.05, 0.1) is 23.8 Å². The maximum Gasteiger partial charge on any atom is 0.247 e. The number of hydrogen-bond acceptors (Lipinski definition) is 4. The fraction of sp³-hybridized carbons (Fsp3) is 0.438. The Kier molecular flexibility index (Phi) is 9.15. The molecule has 1 saturated heterocycles. The Morgan fingerprint density at radius 1 is 1.23 bits per heavy atom. The van der Waals surface area contributed by atoms with E-state index in [1.54, 1.807) is 12.1 Å². The molecule has 4 N–H and O–H groups in total. The van der Waals surface area contributed by atoms with Crippen LogP contribution in [-0.2, 0) is 14.4 Å². The van der Waals surface area contributed by atoms with E-state index in [-0.39, 0.29) is 37.3 Å². The Morgan fingerprint density at radius 3 is 2.62 bits per heavy atom. The second-order valence-electron chi connectivity index (χ2n) is 5.69. The van der Waals surface area contributed by atoms with Gasteiger partial charge in [0.25, 0.3) is 0 Å². The minimum Gasteiger partial charge on any atom is -0.346 e. The largest absolute Gasteiger partial charge is 0.346 e. The summed E-state index contributed by atoms with van der Waals surface area (Å²) in [4.78, 5) is 37.6. The Morgan fingerprint density at radius 2 is 1.96 bits per heavy atom. The van der Waals surface area contributed by atoms with Crippen LogP contribution in [0.4, 0.5) is 5.69 Å². The molecule has 1 aliphatic rings. The molecule has 0 aromatic heterocycles. The molecule has 26 heavy (non-hydrogen) atoms. The van der Waals surface area contributed by atoms with Gasteiger partial charge in [-0.15, -0.1) is 12.4 Å². The number of carbonyl (C=O) groups is 3. The first-order valence-electron chi connectivity index (χ1n) is 7.94. The summed E-state index contributed by atoms with van der Waals surface area (Å²) in [6.07, 6.45) is 2.20. The first kappa shape index (κ1) is 22.5. The van der Waals surface area contributed by atoms with Crippen LogP contribution in [0.3, 0.4) is 0 Å². The van der Waals surface area contributed by atoms with Crippen molar-refractivity contribution in [1.29, 1.82) is 0 Å². The van der Waals surface area contributed by atoms with Crippen LogP contribution >= 0.6 is 35.6 Å². The third kappa shape index (κ3) is 6.02. The van der Waals surface area contributed by atoms with Crippen LogP contribution in [-0.4, -0.2) is 48.3 Å². The summed E-state index contributed by atoms with van der Waals surface area (Å²) < 4.78 is 0. The summed E-state index contributed by atoms with van der Waals surface area (Å²) >= 11 is 11.9. The fourth-order valence-electron chi connectivity index (χ4n) is 2.66. The second kappa shape index (κ2) is 10.6. The van der Waals surface area contributed by atoms with Crippen molar-refractivity contribution in [2.75, 3.05) is 25.0 Å². The minimum atomic E-state index is -0.609. The zero-order valence-electron chi connectivity index (χ0n) is 14.0. The van der Waals surface area contributed by atoms with Gasteiger partial charge in [0, 0.05) is 11.6 Å². The van der Waals surface area contributed by atoms with Crippen LogP contribution in [0.5, 0.6) is 0 Å². The average molecular weight is 424 g/mol. The number of rotatable bonds is 5. The smallest absolute Gasteiger partial charge is 0.247 e. The normalized spacial score (nSPS) is 16.4. The molecular weight excluding hydrogens is 403 g/mol. The monoisotopic (exact) mass is 422 g/mol. The van der Waals surface area contributed by atoms with Crippen molar-refractivity contribution >= 4 is 59.0 Å². The lowest BCUT2D eigenvalue weighted by molar-refractivity contribution is -0.140. The van der Waals surface area contributed by atoms with Crippen molar-refractivity contribution in [3.63, 3.8) is 0 Å². The van der Waals surface area contributed by atoms with E-state index >= 15 is 0 Å². The van der Waals surface area contributed by atoms with E-state index in [1.165, 1.54) is 11.0 Å². The molecule has 0 aliphatic carbocycles. The molecule has 1 heterocycles. The van der Waals surface area contributed by atoms with Gasteiger partial charge in [0.15, 0.2) is 0 Å². The standard InChI is InChI=1S/C16H20Cl2N4O3.ClH/c17-10-4-5-12(11(18)7-10)21-16(25)13-3-1-2-6-22(13)15(24)9-20-14(23)8-19;/h4-5,7,13H,1-3,6,8-9,19H2,(H,20,23)(H,21,25);1H. The van der Waals surface area contributed by atoms with Crippen molar-refractivity contribution in [3.8, 4) is 0 Å². The molecule has 144 valence electrons. The van der Waals surface area contributed by atoms with E-state index in [1.807, 2.05) is 0 Å². The van der Waals surface area contributed by atoms with E-state index in [0.29, 0.717) is 28.7 Å². The van der Waals surface area contributed by atoms with Gasteiger partial charge in [0.1, 0.15) is 6.04 Å². The molecule has 7 nitrogen and oxygen atoms in total. The Balaban J connectivity index is 0.00000338. The SMILES string of the molecule is Cl.NCC(=O)NCC(=O)N1CCCCC1C(=O)Nc1ccc(Cl)cc1Cl. The fourth-order valence-corrected chi connectivity index (χ4v) is 3.11. The number of nitrogens with zero attached hydrogens (tertiary/aromatic N) is 1. The molecule has 1 atom stereocenters. The average Bonchev–Trinajstić information content (AvgIpc) is 2.61. The molecule has 10 heteroatoms. The number of nitrogens with one attached hydrogen (secondary N) is 2. The Hall–Kier alpha value is -1.54. The third-order valence-corrected chi connectivity index (χ3v) is 4.48. The van der Waals surface area contributed by atoms with Crippen molar-refractivity contribution in [3.05, 3.63) is 28.2 Å².